The van der Waals surface area contributed by atoms with Crippen LogP contribution >= 0.6 is 0 Å². The lowest BCUT2D eigenvalue weighted by Gasteiger charge is -2.27. The average Bonchev–Trinajstić information content (AvgIpc) is 3.23. The molecule has 0 saturated heterocycles. The number of nitrogens with zero attached hydrogens (tertiary/aromatic N) is 2. The van der Waals surface area contributed by atoms with Crippen molar-refractivity contribution >= 4 is 11.7 Å². The highest BCUT2D eigenvalue weighted by Crippen LogP contribution is 2.32. The average molecular weight is 446 g/mol. The summed E-state index contributed by atoms with van der Waals surface area (Å²) >= 11 is 0. The van der Waals surface area contributed by atoms with Gasteiger partial charge in [0.2, 0.25) is 0 Å². The molecule has 0 saturated carbocycles. The first kappa shape index (κ1) is 24.6. The third-order valence-electron chi connectivity index (χ3n) is 6.15. The molecule has 0 aliphatic carbocycles. The zero-order valence-corrected chi connectivity index (χ0v) is 20.8. The molecule has 3 aromatic rings. The Morgan fingerprint density at radius 3 is 2.18 bits per heavy atom. The van der Waals surface area contributed by atoms with Crippen LogP contribution in [0.15, 0.2) is 66.9 Å². The second kappa shape index (κ2) is 11.7. The van der Waals surface area contributed by atoms with E-state index in [2.05, 4.69) is 105 Å². The lowest BCUT2D eigenvalue weighted by molar-refractivity contribution is 0.206. The number of carbonyl (C=O) groups is 1. The molecule has 2 aromatic carbocycles. The molecule has 0 radical (unpaired) electrons. The number of amides is 2. The number of aromatic nitrogens is 1. The molecule has 0 fully saturated rings. The van der Waals surface area contributed by atoms with Crippen molar-refractivity contribution in [2.75, 3.05) is 11.9 Å². The van der Waals surface area contributed by atoms with Gasteiger partial charge < -0.3 is 14.8 Å². The third kappa shape index (κ3) is 6.50. The Kier molecular flexibility index (Phi) is 8.76. The van der Waals surface area contributed by atoms with Crippen LogP contribution in [0.3, 0.4) is 0 Å². The van der Waals surface area contributed by atoms with Crippen LogP contribution in [0.25, 0.3) is 0 Å². The van der Waals surface area contributed by atoms with Crippen LogP contribution in [-0.4, -0.2) is 22.0 Å². The van der Waals surface area contributed by atoms with Crippen LogP contribution in [0.1, 0.15) is 81.7 Å². The van der Waals surface area contributed by atoms with Crippen molar-refractivity contribution in [3.8, 4) is 0 Å². The van der Waals surface area contributed by atoms with Gasteiger partial charge in [0.05, 0.1) is 6.54 Å². The van der Waals surface area contributed by atoms with E-state index in [4.69, 9.17) is 0 Å². The third-order valence-corrected chi connectivity index (χ3v) is 6.15. The molecule has 4 nitrogen and oxygen atoms in total. The maximum atomic E-state index is 13.6. The molecule has 2 amide bonds. The van der Waals surface area contributed by atoms with Gasteiger partial charge in [0, 0.05) is 30.7 Å². The first-order valence-electron chi connectivity index (χ1n) is 12.3. The zero-order valence-electron chi connectivity index (χ0n) is 20.8. The fourth-order valence-electron chi connectivity index (χ4n) is 4.21. The van der Waals surface area contributed by atoms with Crippen LogP contribution in [-0.2, 0) is 13.1 Å². The van der Waals surface area contributed by atoms with Crippen LogP contribution in [0, 0.1) is 0 Å². The second-order valence-electron chi connectivity index (χ2n) is 9.44. The number of hydrogen-bond donors (Lipinski definition) is 1. The summed E-state index contributed by atoms with van der Waals surface area (Å²) in [5, 5.41) is 3.31. The van der Waals surface area contributed by atoms with Gasteiger partial charge in [-0.1, -0.05) is 89.6 Å². The van der Waals surface area contributed by atoms with Gasteiger partial charge in [0.25, 0.3) is 0 Å². The van der Waals surface area contributed by atoms with E-state index >= 15 is 0 Å². The number of rotatable bonds is 10. The largest absolute Gasteiger partial charge is 0.345 e. The highest BCUT2D eigenvalue weighted by Gasteiger charge is 2.20. The minimum Gasteiger partial charge on any atom is -0.345 e. The van der Waals surface area contributed by atoms with Crippen LogP contribution in [0.4, 0.5) is 10.5 Å². The number of anilines is 1. The van der Waals surface area contributed by atoms with Crippen LogP contribution in [0.2, 0.25) is 0 Å². The molecule has 0 unspecified atom stereocenters. The van der Waals surface area contributed by atoms with Crippen molar-refractivity contribution in [2.24, 2.45) is 0 Å². The minimum absolute atomic E-state index is 0.0223. The Morgan fingerprint density at radius 1 is 0.909 bits per heavy atom. The summed E-state index contributed by atoms with van der Waals surface area (Å²) in [6, 6.07) is 21.0. The SMILES string of the molecule is CCCCN(Cc1cccn1Cc1ccccc1)C(=O)Nc1c(C(C)C)cccc1C(C)C. The molecule has 1 aromatic heterocycles. The fourth-order valence-corrected chi connectivity index (χ4v) is 4.21. The molecule has 1 heterocycles. The smallest absolute Gasteiger partial charge is 0.322 e. The Labute approximate surface area is 199 Å². The van der Waals surface area contributed by atoms with E-state index in [1.807, 2.05) is 11.0 Å². The Bertz CT molecular complexity index is 994. The fraction of sp³-hybridized carbons (Fsp3) is 0.414. The molecule has 3 rings (SSSR count). The Hall–Kier alpha value is -3.01. The monoisotopic (exact) mass is 445 g/mol. The van der Waals surface area contributed by atoms with Gasteiger partial charge in [-0.2, -0.15) is 0 Å². The Morgan fingerprint density at radius 2 is 1.58 bits per heavy atom. The number of nitrogens with one attached hydrogen (secondary N) is 1. The summed E-state index contributed by atoms with van der Waals surface area (Å²) in [5.41, 5.74) is 5.77. The highest BCUT2D eigenvalue weighted by molar-refractivity contribution is 5.91. The quantitative estimate of drug-likeness (QED) is 0.342. The number of benzene rings is 2. The molecular formula is C29H39N3O. The first-order chi connectivity index (χ1) is 15.9. The summed E-state index contributed by atoms with van der Waals surface area (Å²) in [6.07, 6.45) is 4.13. The number of hydrogen-bond acceptors (Lipinski definition) is 1. The zero-order chi connectivity index (χ0) is 23.8. The molecule has 0 spiro atoms. The highest BCUT2D eigenvalue weighted by atomic mass is 16.2. The summed E-state index contributed by atoms with van der Waals surface area (Å²) in [5.74, 6) is 0.678. The maximum absolute atomic E-state index is 13.6. The predicted octanol–water partition coefficient (Wildman–Crippen LogP) is 7.62. The van der Waals surface area contributed by atoms with Crippen molar-refractivity contribution in [1.82, 2.24) is 9.47 Å². The van der Waals surface area contributed by atoms with E-state index in [9.17, 15) is 4.79 Å². The van der Waals surface area contributed by atoms with Crippen molar-refractivity contribution in [2.45, 2.75) is 72.4 Å². The van der Waals surface area contributed by atoms with Gasteiger partial charge in [0.1, 0.15) is 0 Å². The number of unbranched alkanes of at least 4 members (excludes halogenated alkanes) is 1. The van der Waals surface area contributed by atoms with E-state index in [-0.39, 0.29) is 6.03 Å². The summed E-state index contributed by atoms with van der Waals surface area (Å²) < 4.78 is 2.24. The van der Waals surface area contributed by atoms with Gasteiger partial charge >= 0.3 is 6.03 Å². The topological polar surface area (TPSA) is 37.3 Å². The lowest BCUT2D eigenvalue weighted by atomic mass is 9.93. The van der Waals surface area contributed by atoms with Crippen molar-refractivity contribution in [1.29, 1.82) is 0 Å². The van der Waals surface area contributed by atoms with Crippen molar-refractivity contribution < 1.29 is 4.79 Å². The van der Waals surface area contributed by atoms with E-state index in [1.165, 1.54) is 16.7 Å². The van der Waals surface area contributed by atoms with E-state index in [0.29, 0.717) is 18.4 Å². The molecule has 1 N–H and O–H groups in total. The predicted molar refractivity (Wildman–Crippen MR) is 139 cm³/mol. The summed E-state index contributed by atoms with van der Waals surface area (Å²) in [4.78, 5) is 15.5. The lowest BCUT2D eigenvalue weighted by Crippen LogP contribution is -2.36. The molecule has 0 aliphatic rings. The van der Waals surface area contributed by atoms with Gasteiger partial charge in [-0.15, -0.1) is 0 Å². The van der Waals surface area contributed by atoms with Gasteiger partial charge in [-0.25, -0.2) is 4.79 Å². The minimum atomic E-state index is -0.0223. The molecular weight excluding hydrogens is 406 g/mol. The molecule has 4 heteroatoms. The number of para-hydroxylation sites is 1. The molecule has 176 valence electrons. The maximum Gasteiger partial charge on any atom is 0.322 e. The number of urea groups is 1. The van der Waals surface area contributed by atoms with Crippen molar-refractivity contribution in [3.63, 3.8) is 0 Å². The number of carbonyl (C=O) groups excluding carboxylic acids is 1. The normalized spacial score (nSPS) is 11.2. The first-order valence-corrected chi connectivity index (χ1v) is 12.3. The summed E-state index contributed by atoms with van der Waals surface area (Å²) in [7, 11) is 0. The standard InChI is InChI=1S/C29H39N3O/c1-6-7-18-32(21-25-15-12-19-31(25)20-24-13-9-8-10-14-24)29(33)30-28-26(22(2)3)16-11-17-27(28)23(4)5/h8-17,19,22-23H,6-7,18,20-21H2,1-5H3,(H,30,33). The molecule has 0 atom stereocenters. The second-order valence-corrected chi connectivity index (χ2v) is 9.44. The van der Waals surface area contributed by atoms with E-state index < -0.39 is 0 Å². The van der Waals surface area contributed by atoms with Crippen LogP contribution in [0.5, 0.6) is 0 Å². The van der Waals surface area contributed by atoms with Crippen molar-refractivity contribution in [3.05, 3.63) is 89.2 Å². The molecule has 33 heavy (non-hydrogen) atoms. The summed E-state index contributed by atoms with van der Waals surface area (Å²) in [6.45, 7) is 13.0. The van der Waals surface area contributed by atoms with E-state index in [1.54, 1.807) is 0 Å². The Balaban J connectivity index is 1.84. The molecule has 0 bridgehead atoms. The van der Waals surface area contributed by atoms with Crippen LogP contribution < -0.4 is 5.32 Å². The van der Waals surface area contributed by atoms with Gasteiger partial charge in [-0.3, -0.25) is 0 Å². The molecule has 0 aliphatic heterocycles. The van der Waals surface area contributed by atoms with Gasteiger partial charge in [0.15, 0.2) is 0 Å². The van der Waals surface area contributed by atoms with E-state index in [0.717, 1.165) is 37.3 Å². The van der Waals surface area contributed by atoms with Gasteiger partial charge in [-0.05, 0) is 47.1 Å².